The Kier molecular flexibility index (Phi) is 2.44. The highest BCUT2D eigenvalue weighted by Crippen LogP contribution is 2.48. The lowest BCUT2D eigenvalue weighted by Gasteiger charge is -2.03. The molecule has 4 heteroatoms. The quantitative estimate of drug-likeness (QED) is 0.895. The Morgan fingerprint density at radius 2 is 2.06 bits per heavy atom. The molecule has 1 aliphatic carbocycles. The van der Waals surface area contributed by atoms with Crippen molar-refractivity contribution >= 4 is 5.97 Å². The van der Waals surface area contributed by atoms with E-state index in [1.165, 1.54) is 0 Å². The van der Waals surface area contributed by atoms with Crippen molar-refractivity contribution in [3.63, 3.8) is 0 Å². The van der Waals surface area contributed by atoms with Crippen LogP contribution in [0, 0.1) is 0 Å². The Labute approximate surface area is 104 Å². The van der Waals surface area contributed by atoms with Gasteiger partial charge in [0.2, 0.25) is 0 Å². The molecule has 0 unspecified atom stereocenters. The number of benzene rings is 1. The van der Waals surface area contributed by atoms with Crippen LogP contribution >= 0.6 is 0 Å². The number of carboxylic acids is 1. The van der Waals surface area contributed by atoms with E-state index in [-0.39, 0.29) is 0 Å². The Hall–Kier alpha value is -2.10. The lowest BCUT2D eigenvalue weighted by Crippen LogP contribution is -2.18. The van der Waals surface area contributed by atoms with Crippen molar-refractivity contribution in [3.05, 3.63) is 53.7 Å². The van der Waals surface area contributed by atoms with Gasteiger partial charge in [-0.2, -0.15) is 0 Å². The zero-order valence-electron chi connectivity index (χ0n) is 9.80. The molecular formula is C14H13NO3. The van der Waals surface area contributed by atoms with E-state index in [0.29, 0.717) is 30.9 Å². The van der Waals surface area contributed by atoms with Crippen LogP contribution in [0.4, 0.5) is 0 Å². The van der Waals surface area contributed by atoms with Crippen LogP contribution in [0.15, 0.2) is 40.9 Å². The number of oxazole rings is 1. The standard InChI is InChI=1S/C14H13NO3/c16-13(17)14(6-7-14)11-9-15-12(18-11)8-10-4-2-1-3-5-10/h1-5,9H,6-8H2,(H,16,17). The van der Waals surface area contributed by atoms with E-state index in [0.717, 1.165) is 5.56 Å². The Morgan fingerprint density at radius 3 is 2.67 bits per heavy atom. The summed E-state index contributed by atoms with van der Waals surface area (Å²) in [4.78, 5) is 15.3. The molecule has 1 aliphatic rings. The fourth-order valence-corrected chi connectivity index (χ4v) is 2.07. The molecular weight excluding hydrogens is 230 g/mol. The molecule has 0 atom stereocenters. The summed E-state index contributed by atoms with van der Waals surface area (Å²) in [5.74, 6) is 0.245. The number of hydrogen-bond donors (Lipinski definition) is 1. The zero-order valence-corrected chi connectivity index (χ0v) is 9.80. The first kappa shape index (κ1) is 11.0. The number of aliphatic carboxylic acids is 1. The highest BCUT2D eigenvalue weighted by Gasteiger charge is 2.54. The minimum Gasteiger partial charge on any atom is -0.480 e. The molecule has 1 heterocycles. The summed E-state index contributed by atoms with van der Waals surface area (Å²) in [6, 6.07) is 9.85. The summed E-state index contributed by atoms with van der Waals surface area (Å²) < 4.78 is 5.58. The average Bonchev–Trinajstić information content (AvgIpc) is 3.07. The second-order valence-electron chi connectivity index (χ2n) is 4.67. The maximum absolute atomic E-state index is 11.2. The summed E-state index contributed by atoms with van der Waals surface area (Å²) in [6.07, 6.45) is 3.43. The minimum absolute atomic E-state index is 0.487. The molecule has 1 N–H and O–H groups in total. The number of rotatable bonds is 4. The number of nitrogens with zero attached hydrogens (tertiary/aromatic N) is 1. The Balaban J connectivity index is 1.81. The fourth-order valence-electron chi connectivity index (χ4n) is 2.07. The van der Waals surface area contributed by atoms with E-state index in [4.69, 9.17) is 9.52 Å². The Bertz CT molecular complexity index is 570. The summed E-state index contributed by atoms with van der Waals surface area (Å²) in [7, 11) is 0. The normalized spacial score (nSPS) is 16.4. The summed E-state index contributed by atoms with van der Waals surface area (Å²) in [6.45, 7) is 0. The van der Waals surface area contributed by atoms with Crippen LogP contribution in [0.1, 0.15) is 30.1 Å². The molecule has 0 amide bonds. The fraction of sp³-hybridized carbons (Fsp3) is 0.286. The predicted molar refractivity (Wildman–Crippen MR) is 64.3 cm³/mol. The van der Waals surface area contributed by atoms with Gasteiger partial charge in [0.15, 0.2) is 5.89 Å². The van der Waals surface area contributed by atoms with Gasteiger partial charge in [-0.1, -0.05) is 30.3 Å². The first-order valence-corrected chi connectivity index (χ1v) is 5.93. The van der Waals surface area contributed by atoms with Crippen LogP contribution in [0.25, 0.3) is 0 Å². The van der Waals surface area contributed by atoms with Crippen molar-refractivity contribution in [1.82, 2.24) is 4.98 Å². The molecule has 1 aromatic carbocycles. The molecule has 0 aliphatic heterocycles. The SMILES string of the molecule is O=C(O)C1(c2cnc(Cc3ccccc3)o2)CC1. The predicted octanol–water partition coefficient (Wildman–Crippen LogP) is 2.38. The maximum atomic E-state index is 11.2. The lowest BCUT2D eigenvalue weighted by molar-refractivity contribution is -0.140. The molecule has 0 saturated heterocycles. The highest BCUT2D eigenvalue weighted by atomic mass is 16.4. The van der Waals surface area contributed by atoms with E-state index in [2.05, 4.69) is 4.98 Å². The smallest absolute Gasteiger partial charge is 0.317 e. The second-order valence-corrected chi connectivity index (χ2v) is 4.67. The highest BCUT2D eigenvalue weighted by molar-refractivity contribution is 5.83. The summed E-state index contributed by atoms with van der Waals surface area (Å²) >= 11 is 0. The molecule has 0 radical (unpaired) electrons. The molecule has 92 valence electrons. The number of hydrogen-bond acceptors (Lipinski definition) is 3. The number of aromatic nitrogens is 1. The molecule has 3 rings (SSSR count). The third-order valence-electron chi connectivity index (χ3n) is 3.38. The largest absolute Gasteiger partial charge is 0.480 e. The van der Waals surface area contributed by atoms with Crippen LogP contribution in [0.5, 0.6) is 0 Å². The van der Waals surface area contributed by atoms with Gasteiger partial charge in [-0.3, -0.25) is 4.79 Å². The minimum atomic E-state index is -0.815. The molecule has 18 heavy (non-hydrogen) atoms. The molecule has 1 aromatic heterocycles. The van der Waals surface area contributed by atoms with Crippen molar-refractivity contribution in [3.8, 4) is 0 Å². The van der Waals surface area contributed by atoms with Gasteiger partial charge in [0, 0.05) is 6.42 Å². The van der Waals surface area contributed by atoms with Crippen molar-refractivity contribution < 1.29 is 14.3 Å². The van der Waals surface area contributed by atoms with Gasteiger partial charge >= 0.3 is 5.97 Å². The van der Waals surface area contributed by atoms with Crippen molar-refractivity contribution in [2.75, 3.05) is 0 Å². The van der Waals surface area contributed by atoms with Gasteiger partial charge in [0.05, 0.1) is 6.20 Å². The maximum Gasteiger partial charge on any atom is 0.317 e. The van der Waals surface area contributed by atoms with Crippen molar-refractivity contribution in [1.29, 1.82) is 0 Å². The van der Waals surface area contributed by atoms with Crippen molar-refractivity contribution in [2.24, 2.45) is 0 Å². The van der Waals surface area contributed by atoms with Gasteiger partial charge in [-0.15, -0.1) is 0 Å². The summed E-state index contributed by atoms with van der Waals surface area (Å²) in [5.41, 5.74) is 0.299. The molecule has 1 fully saturated rings. The van der Waals surface area contributed by atoms with E-state index < -0.39 is 11.4 Å². The van der Waals surface area contributed by atoms with E-state index in [1.807, 2.05) is 30.3 Å². The Morgan fingerprint density at radius 1 is 1.33 bits per heavy atom. The lowest BCUT2D eigenvalue weighted by atomic mass is 10.1. The van der Waals surface area contributed by atoms with Gasteiger partial charge < -0.3 is 9.52 Å². The third kappa shape index (κ3) is 1.79. The topological polar surface area (TPSA) is 63.3 Å². The number of carbonyl (C=O) groups is 1. The first-order valence-electron chi connectivity index (χ1n) is 5.93. The van der Waals surface area contributed by atoms with E-state index >= 15 is 0 Å². The first-order chi connectivity index (χ1) is 8.71. The van der Waals surface area contributed by atoms with Crippen LogP contribution < -0.4 is 0 Å². The van der Waals surface area contributed by atoms with E-state index in [9.17, 15) is 4.79 Å². The monoisotopic (exact) mass is 243 g/mol. The van der Waals surface area contributed by atoms with Crippen LogP contribution in [-0.2, 0) is 16.6 Å². The number of carboxylic acid groups (broad SMARTS) is 1. The molecule has 2 aromatic rings. The van der Waals surface area contributed by atoms with Gasteiger partial charge in [-0.25, -0.2) is 4.98 Å². The van der Waals surface area contributed by atoms with Gasteiger partial charge in [0.1, 0.15) is 11.2 Å². The van der Waals surface area contributed by atoms with Crippen LogP contribution in [-0.4, -0.2) is 16.1 Å². The van der Waals surface area contributed by atoms with Gasteiger partial charge in [0.25, 0.3) is 0 Å². The van der Waals surface area contributed by atoms with E-state index in [1.54, 1.807) is 6.20 Å². The summed E-state index contributed by atoms with van der Waals surface area (Å²) in [5, 5.41) is 9.17. The molecule has 1 saturated carbocycles. The van der Waals surface area contributed by atoms with Crippen LogP contribution in [0.2, 0.25) is 0 Å². The molecule has 0 bridgehead atoms. The average molecular weight is 243 g/mol. The molecule has 4 nitrogen and oxygen atoms in total. The van der Waals surface area contributed by atoms with Crippen molar-refractivity contribution in [2.45, 2.75) is 24.7 Å². The second kappa shape index (κ2) is 3.98. The van der Waals surface area contributed by atoms with Gasteiger partial charge in [-0.05, 0) is 18.4 Å². The zero-order chi connectivity index (χ0) is 12.6. The third-order valence-corrected chi connectivity index (χ3v) is 3.38. The van der Waals surface area contributed by atoms with Crippen LogP contribution in [0.3, 0.4) is 0 Å². The molecule has 0 spiro atoms.